The average Bonchev–Trinajstić information content (AvgIpc) is 2.68. The Labute approximate surface area is 115 Å². The van der Waals surface area contributed by atoms with Gasteiger partial charge in [0.1, 0.15) is 0 Å². The third kappa shape index (κ3) is 2.33. The van der Waals surface area contributed by atoms with Crippen LogP contribution in [0.2, 0.25) is 10.0 Å². The van der Waals surface area contributed by atoms with Crippen LogP contribution < -0.4 is 0 Å². The Kier molecular flexibility index (Phi) is 3.70. The van der Waals surface area contributed by atoms with Gasteiger partial charge in [0.05, 0.1) is 13.8 Å². The Morgan fingerprint density at radius 3 is 2.69 bits per heavy atom. The molecule has 0 bridgehead atoms. The van der Waals surface area contributed by atoms with Crippen LogP contribution in [0.3, 0.4) is 0 Å². The van der Waals surface area contributed by atoms with Crippen LogP contribution in [0.15, 0.2) is 33.4 Å². The molecule has 0 aliphatic rings. The quantitative estimate of drug-likeness (QED) is 0.702. The molecule has 0 fully saturated rings. The van der Waals surface area contributed by atoms with Crippen molar-refractivity contribution in [2.75, 3.05) is 0 Å². The topological polar surface area (TPSA) is 17.1 Å². The summed E-state index contributed by atoms with van der Waals surface area (Å²) < 4.78 is 0.911. The number of benzene rings is 1. The number of halogens is 3. The molecule has 82 valence electrons. The molecule has 0 saturated carbocycles. The maximum absolute atomic E-state index is 12.1. The van der Waals surface area contributed by atoms with Gasteiger partial charge >= 0.3 is 0 Å². The second-order valence-corrected chi connectivity index (χ2v) is 6.15. The third-order valence-electron chi connectivity index (χ3n) is 2.03. The molecule has 0 spiro atoms. The van der Waals surface area contributed by atoms with E-state index in [9.17, 15) is 4.79 Å². The van der Waals surface area contributed by atoms with E-state index in [2.05, 4.69) is 15.9 Å². The van der Waals surface area contributed by atoms with Crippen molar-refractivity contribution >= 4 is 56.3 Å². The zero-order valence-corrected chi connectivity index (χ0v) is 11.8. The molecule has 16 heavy (non-hydrogen) atoms. The number of ketones is 1. The molecular weight excluding hydrogens is 331 g/mol. The number of carbonyl (C=O) groups is 1. The van der Waals surface area contributed by atoms with Gasteiger partial charge in [0.15, 0.2) is 5.78 Å². The molecule has 1 aromatic heterocycles. The van der Waals surface area contributed by atoms with Gasteiger partial charge in [-0.3, -0.25) is 4.79 Å². The predicted octanol–water partition coefficient (Wildman–Crippen LogP) is 5.05. The van der Waals surface area contributed by atoms with Gasteiger partial charge in [-0.05, 0) is 34.1 Å². The van der Waals surface area contributed by atoms with Crippen LogP contribution in [-0.2, 0) is 0 Å². The van der Waals surface area contributed by atoms with Crippen LogP contribution in [0.1, 0.15) is 15.9 Å². The van der Waals surface area contributed by atoms with Gasteiger partial charge < -0.3 is 0 Å². The van der Waals surface area contributed by atoms with Gasteiger partial charge in [-0.15, -0.1) is 11.3 Å². The summed E-state index contributed by atoms with van der Waals surface area (Å²) in [5.74, 6) is -0.116. The van der Waals surface area contributed by atoms with Crippen LogP contribution in [0.5, 0.6) is 0 Å². The van der Waals surface area contributed by atoms with Crippen molar-refractivity contribution in [3.05, 3.63) is 54.6 Å². The Balaban J connectivity index is 2.45. The van der Waals surface area contributed by atoms with E-state index in [-0.39, 0.29) is 5.78 Å². The molecule has 2 aromatic rings. The lowest BCUT2D eigenvalue weighted by molar-refractivity contribution is 0.103. The van der Waals surface area contributed by atoms with Crippen LogP contribution >= 0.6 is 50.5 Å². The van der Waals surface area contributed by atoms with E-state index in [1.807, 2.05) is 0 Å². The minimum absolute atomic E-state index is 0.116. The lowest BCUT2D eigenvalue weighted by Crippen LogP contribution is -2.00. The normalized spacial score (nSPS) is 10.4. The van der Waals surface area contributed by atoms with Crippen molar-refractivity contribution in [2.45, 2.75) is 0 Å². The molecule has 1 heterocycles. The Hall–Kier alpha value is -0.350. The van der Waals surface area contributed by atoms with Crippen LogP contribution in [0.4, 0.5) is 0 Å². The molecule has 0 amide bonds. The minimum atomic E-state index is -0.116. The van der Waals surface area contributed by atoms with Crippen LogP contribution in [0.25, 0.3) is 0 Å². The van der Waals surface area contributed by atoms with Gasteiger partial charge in [0.2, 0.25) is 0 Å². The van der Waals surface area contributed by atoms with Crippen molar-refractivity contribution in [1.82, 2.24) is 0 Å². The van der Waals surface area contributed by atoms with E-state index in [0.717, 1.165) is 3.79 Å². The standard InChI is InChI=1S/C11H5BrCl2OS/c12-9-4-6(5-16-9)11(15)7-2-1-3-8(13)10(7)14/h1-5H. The van der Waals surface area contributed by atoms with Crippen LogP contribution in [-0.4, -0.2) is 5.78 Å². The number of thiophene rings is 1. The number of rotatable bonds is 2. The molecule has 1 aromatic carbocycles. The number of hydrogen-bond acceptors (Lipinski definition) is 2. The van der Waals surface area contributed by atoms with Crippen molar-refractivity contribution < 1.29 is 4.79 Å². The zero-order valence-electron chi connectivity index (χ0n) is 7.84. The second-order valence-electron chi connectivity index (χ2n) is 3.07. The molecule has 5 heteroatoms. The Morgan fingerprint density at radius 2 is 2.06 bits per heavy atom. The first-order valence-electron chi connectivity index (χ1n) is 4.32. The average molecular weight is 336 g/mol. The summed E-state index contributed by atoms with van der Waals surface area (Å²) in [7, 11) is 0. The van der Waals surface area contributed by atoms with Crippen molar-refractivity contribution in [2.24, 2.45) is 0 Å². The first-order chi connectivity index (χ1) is 7.59. The van der Waals surface area contributed by atoms with Gasteiger partial charge in [-0.1, -0.05) is 29.3 Å². The first kappa shape index (κ1) is 12.1. The molecule has 0 aliphatic carbocycles. The van der Waals surface area contributed by atoms with Crippen molar-refractivity contribution in [3.8, 4) is 0 Å². The highest BCUT2D eigenvalue weighted by atomic mass is 79.9. The van der Waals surface area contributed by atoms with E-state index < -0.39 is 0 Å². The van der Waals surface area contributed by atoms with E-state index in [4.69, 9.17) is 23.2 Å². The number of hydrogen-bond donors (Lipinski definition) is 0. The summed E-state index contributed by atoms with van der Waals surface area (Å²) in [6.45, 7) is 0. The summed E-state index contributed by atoms with van der Waals surface area (Å²) in [5.41, 5.74) is 1.04. The van der Waals surface area contributed by atoms with Crippen LogP contribution in [0, 0.1) is 0 Å². The maximum atomic E-state index is 12.1. The van der Waals surface area contributed by atoms with E-state index in [1.54, 1.807) is 29.6 Å². The lowest BCUT2D eigenvalue weighted by atomic mass is 10.1. The lowest BCUT2D eigenvalue weighted by Gasteiger charge is -2.02. The molecule has 2 rings (SSSR count). The molecule has 0 N–H and O–H groups in total. The van der Waals surface area contributed by atoms with E-state index >= 15 is 0 Å². The number of carbonyl (C=O) groups excluding carboxylic acids is 1. The van der Waals surface area contributed by atoms with Gasteiger partial charge in [0.25, 0.3) is 0 Å². The van der Waals surface area contributed by atoms with Crippen molar-refractivity contribution in [3.63, 3.8) is 0 Å². The maximum Gasteiger partial charge on any atom is 0.195 e. The largest absolute Gasteiger partial charge is 0.289 e. The fourth-order valence-corrected chi connectivity index (χ4v) is 2.79. The molecular formula is C11H5BrCl2OS. The highest BCUT2D eigenvalue weighted by molar-refractivity contribution is 9.11. The van der Waals surface area contributed by atoms with E-state index in [1.165, 1.54) is 11.3 Å². The SMILES string of the molecule is O=C(c1csc(Br)c1)c1cccc(Cl)c1Cl. The van der Waals surface area contributed by atoms with E-state index in [0.29, 0.717) is 21.2 Å². The summed E-state index contributed by atoms with van der Waals surface area (Å²) >= 11 is 16.6. The van der Waals surface area contributed by atoms with Gasteiger partial charge in [-0.2, -0.15) is 0 Å². The molecule has 0 aliphatic heterocycles. The fourth-order valence-electron chi connectivity index (χ4n) is 1.26. The fraction of sp³-hybridized carbons (Fsp3) is 0. The molecule has 0 radical (unpaired) electrons. The summed E-state index contributed by atoms with van der Waals surface area (Å²) in [4.78, 5) is 12.1. The van der Waals surface area contributed by atoms with Crippen molar-refractivity contribution in [1.29, 1.82) is 0 Å². The second kappa shape index (κ2) is 4.88. The highest BCUT2D eigenvalue weighted by Crippen LogP contribution is 2.29. The zero-order chi connectivity index (χ0) is 11.7. The summed E-state index contributed by atoms with van der Waals surface area (Å²) in [6.07, 6.45) is 0. The summed E-state index contributed by atoms with van der Waals surface area (Å²) in [6, 6.07) is 6.80. The first-order valence-corrected chi connectivity index (χ1v) is 6.75. The summed E-state index contributed by atoms with van der Waals surface area (Å²) in [5, 5.41) is 2.47. The highest BCUT2D eigenvalue weighted by Gasteiger charge is 2.15. The smallest absolute Gasteiger partial charge is 0.195 e. The Bertz CT molecular complexity index is 551. The molecule has 0 saturated heterocycles. The minimum Gasteiger partial charge on any atom is -0.289 e. The molecule has 0 unspecified atom stereocenters. The predicted molar refractivity (Wildman–Crippen MR) is 71.9 cm³/mol. The van der Waals surface area contributed by atoms with Gasteiger partial charge in [-0.25, -0.2) is 0 Å². The third-order valence-corrected chi connectivity index (χ3v) is 4.35. The Morgan fingerprint density at radius 1 is 1.31 bits per heavy atom. The molecule has 0 atom stereocenters. The van der Waals surface area contributed by atoms with Gasteiger partial charge in [0, 0.05) is 16.5 Å². The molecule has 1 nitrogen and oxygen atoms in total. The monoisotopic (exact) mass is 334 g/mol.